The second-order valence-electron chi connectivity index (χ2n) is 5.68. The van der Waals surface area contributed by atoms with E-state index < -0.39 is 10.5 Å². The first-order valence-electron chi connectivity index (χ1n) is 6.80. The summed E-state index contributed by atoms with van der Waals surface area (Å²) in [5, 5.41) is 24.8. The normalized spacial score (nSPS) is 26.2. The van der Waals surface area contributed by atoms with Gasteiger partial charge < -0.3 is 10.4 Å². The van der Waals surface area contributed by atoms with Gasteiger partial charge in [-0.3, -0.25) is 10.1 Å². The smallest absolute Gasteiger partial charge is 0.293 e. The summed E-state index contributed by atoms with van der Waals surface area (Å²) in [5.41, 5.74) is -0.447. The number of halogens is 1. The van der Waals surface area contributed by atoms with Crippen molar-refractivity contribution in [1.29, 1.82) is 0 Å². The van der Waals surface area contributed by atoms with E-state index in [1.54, 1.807) is 12.1 Å². The van der Waals surface area contributed by atoms with E-state index in [9.17, 15) is 15.2 Å². The molecule has 0 bridgehead atoms. The van der Waals surface area contributed by atoms with Crippen LogP contribution in [-0.4, -0.2) is 22.2 Å². The predicted molar refractivity (Wildman–Crippen MR) is 79.2 cm³/mol. The van der Waals surface area contributed by atoms with E-state index in [0.29, 0.717) is 23.2 Å². The van der Waals surface area contributed by atoms with Gasteiger partial charge in [0.1, 0.15) is 5.69 Å². The van der Waals surface area contributed by atoms with Gasteiger partial charge in [0, 0.05) is 17.6 Å². The molecule has 0 aliphatic heterocycles. The standard InChI is InChI=1S/C14H19ClN2O3/c1-10-4-6-14(18,7-5-10)9-16-12-3-2-11(15)8-13(12)17(19)20/h2-3,8,10,16,18H,4-7,9H2,1H3. The Bertz CT molecular complexity index is 499. The van der Waals surface area contributed by atoms with Crippen molar-refractivity contribution >= 4 is 23.0 Å². The highest BCUT2D eigenvalue weighted by molar-refractivity contribution is 6.30. The van der Waals surface area contributed by atoms with Crippen molar-refractivity contribution in [2.24, 2.45) is 5.92 Å². The maximum absolute atomic E-state index is 11.0. The van der Waals surface area contributed by atoms with E-state index in [2.05, 4.69) is 12.2 Å². The van der Waals surface area contributed by atoms with Crippen LogP contribution in [0.4, 0.5) is 11.4 Å². The number of rotatable bonds is 4. The second-order valence-corrected chi connectivity index (χ2v) is 6.12. The maximum Gasteiger partial charge on any atom is 0.293 e. The molecule has 0 heterocycles. The molecule has 0 spiro atoms. The molecule has 0 radical (unpaired) electrons. The molecule has 5 nitrogen and oxygen atoms in total. The number of nitrogens with one attached hydrogen (secondary N) is 1. The van der Waals surface area contributed by atoms with Crippen LogP contribution in [0.2, 0.25) is 5.02 Å². The summed E-state index contributed by atoms with van der Waals surface area (Å²) in [4.78, 5) is 10.5. The highest BCUT2D eigenvalue weighted by atomic mass is 35.5. The average Bonchev–Trinajstić information content (AvgIpc) is 2.41. The van der Waals surface area contributed by atoms with Crippen LogP contribution in [-0.2, 0) is 0 Å². The van der Waals surface area contributed by atoms with Gasteiger partial charge in [-0.25, -0.2) is 0 Å². The fourth-order valence-electron chi connectivity index (χ4n) is 2.54. The molecular weight excluding hydrogens is 280 g/mol. The number of nitro groups is 1. The van der Waals surface area contributed by atoms with Gasteiger partial charge in [0.2, 0.25) is 0 Å². The van der Waals surface area contributed by atoms with Crippen LogP contribution >= 0.6 is 11.6 Å². The Morgan fingerprint density at radius 1 is 1.50 bits per heavy atom. The van der Waals surface area contributed by atoms with Crippen LogP contribution in [0.1, 0.15) is 32.6 Å². The molecule has 1 aromatic carbocycles. The molecule has 2 rings (SSSR count). The molecule has 110 valence electrons. The number of aliphatic hydroxyl groups is 1. The van der Waals surface area contributed by atoms with E-state index in [4.69, 9.17) is 11.6 Å². The van der Waals surface area contributed by atoms with Gasteiger partial charge in [-0.2, -0.15) is 0 Å². The van der Waals surface area contributed by atoms with Crippen LogP contribution in [0.3, 0.4) is 0 Å². The van der Waals surface area contributed by atoms with Crippen LogP contribution < -0.4 is 5.32 Å². The fourth-order valence-corrected chi connectivity index (χ4v) is 2.71. The van der Waals surface area contributed by atoms with Crippen molar-refractivity contribution in [2.75, 3.05) is 11.9 Å². The first-order valence-corrected chi connectivity index (χ1v) is 7.18. The Kier molecular flexibility index (Phi) is 4.50. The lowest BCUT2D eigenvalue weighted by atomic mass is 9.79. The van der Waals surface area contributed by atoms with Gasteiger partial charge in [0.05, 0.1) is 10.5 Å². The third-order valence-electron chi connectivity index (χ3n) is 3.97. The summed E-state index contributed by atoms with van der Waals surface area (Å²) in [6.07, 6.45) is 3.42. The minimum atomic E-state index is -0.778. The lowest BCUT2D eigenvalue weighted by Gasteiger charge is -2.35. The van der Waals surface area contributed by atoms with E-state index in [1.165, 1.54) is 6.07 Å². The molecule has 0 aromatic heterocycles. The highest BCUT2D eigenvalue weighted by Gasteiger charge is 2.32. The molecule has 1 aliphatic carbocycles. The average molecular weight is 299 g/mol. The lowest BCUT2D eigenvalue weighted by Crippen LogP contribution is -2.40. The van der Waals surface area contributed by atoms with Gasteiger partial charge in [0.25, 0.3) is 5.69 Å². The van der Waals surface area contributed by atoms with E-state index in [-0.39, 0.29) is 5.69 Å². The Balaban J connectivity index is 2.05. The van der Waals surface area contributed by atoms with E-state index in [1.807, 2.05) is 0 Å². The quantitative estimate of drug-likeness (QED) is 0.658. The molecule has 2 N–H and O–H groups in total. The summed E-state index contributed by atoms with van der Waals surface area (Å²) in [5.74, 6) is 0.639. The first-order chi connectivity index (χ1) is 9.39. The lowest BCUT2D eigenvalue weighted by molar-refractivity contribution is -0.384. The molecule has 0 saturated heterocycles. The zero-order valence-corrected chi connectivity index (χ0v) is 12.2. The summed E-state index contributed by atoms with van der Waals surface area (Å²) in [6, 6.07) is 4.50. The van der Waals surface area contributed by atoms with E-state index >= 15 is 0 Å². The van der Waals surface area contributed by atoms with Crippen molar-refractivity contribution in [2.45, 2.75) is 38.2 Å². The Morgan fingerprint density at radius 3 is 2.75 bits per heavy atom. The molecule has 1 fully saturated rings. The van der Waals surface area contributed by atoms with Crippen LogP contribution in [0.15, 0.2) is 18.2 Å². The van der Waals surface area contributed by atoms with Crippen LogP contribution in [0.5, 0.6) is 0 Å². The maximum atomic E-state index is 11.0. The molecule has 1 aromatic rings. The molecule has 6 heteroatoms. The van der Waals surface area contributed by atoms with Gasteiger partial charge in [-0.15, -0.1) is 0 Å². The van der Waals surface area contributed by atoms with Crippen molar-refractivity contribution < 1.29 is 10.0 Å². The molecule has 0 amide bonds. The molecule has 1 saturated carbocycles. The third kappa shape index (κ3) is 3.61. The van der Waals surface area contributed by atoms with Crippen molar-refractivity contribution in [3.8, 4) is 0 Å². The predicted octanol–water partition coefficient (Wildman–Crippen LogP) is 3.60. The number of nitrogens with zero attached hydrogens (tertiary/aromatic N) is 1. The number of hydrogen-bond acceptors (Lipinski definition) is 4. The van der Waals surface area contributed by atoms with Gasteiger partial charge in [0.15, 0.2) is 0 Å². The Labute approximate surface area is 123 Å². The second kappa shape index (κ2) is 5.97. The minimum Gasteiger partial charge on any atom is -0.388 e. The number of hydrogen-bond donors (Lipinski definition) is 2. The van der Waals surface area contributed by atoms with Crippen LogP contribution in [0.25, 0.3) is 0 Å². The minimum absolute atomic E-state index is 0.0646. The molecule has 20 heavy (non-hydrogen) atoms. The number of anilines is 1. The highest BCUT2D eigenvalue weighted by Crippen LogP contribution is 2.33. The molecule has 0 unspecified atom stereocenters. The first kappa shape index (κ1) is 15.1. The molecule has 1 aliphatic rings. The van der Waals surface area contributed by atoms with Gasteiger partial charge in [-0.05, 0) is 43.7 Å². The summed E-state index contributed by atoms with van der Waals surface area (Å²) in [7, 11) is 0. The zero-order valence-electron chi connectivity index (χ0n) is 11.4. The monoisotopic (exact) mass is 298 g/mol. The van der Waals surface area contributed by atoms with Crippen LogP contribution in [0, 0.1) is 16.0 Å². The third-order valence-corrected chi connectivity index (χ3v) is 4.20. The fraction of sp³-hybridized carbons (Fsp3) is 0.571. The van der Waals surface area contributed by atoms with Gasteiger partial charge in [-0.1, -0.05) is 18.5 Å². The number of nitro benzene ring substituents is 1. The topological polar surface area (TPSA) is 75.4 Å². The summed E-state index contributed by atoms with van der Waals surface area (Å²) < 4.78 is 0. The van der Waals surface area contributed by atoms with Crippen molar-refractivity contribution in [3.63, 3.8) is 0 Å². The molecular formula is C14H19ClN2O3. The van der Waals surface area contributed by atoms with Crippen molar-refractivity contribution in [3.05, 3.63) is 33.3 Å². The van der Waals surface area contributed by atoms with Gasteiger partial charge >= 0.3 is 0 Å². The Hall–Kier alpha value is -1.33. The SMILES string of the molecule is CC1CCC(O)(CNc2ccc(Cl)cc2[N+](=O)[O-])CC1. The Morgan fingerprint density at radius 2 is 2.15 bits per heavy atom. The zero-order chi connectivity index (χ0) is 14.8. The summed E-state index contributed by atoms with van der Waals surface area (Å²) in [6.45, 7) is 2.50. The largest absolute Gasteiger partial charge is 0.388 e. The number of benzene rings is 1. The van der Waals surface area contributed by atoms with Crippen molar-refractivity contribution in [1.82, 2.24) is 0 Å². The summed E-state index contributed by atoms with van der Waals surface area (Å²) >= 11 is 5.77. The molecule has 0 atom stereocenters. The van der Waals surface area contributed by atoms with E-state index in [0.717, 1.165) is 25.7 Å².